The first-order chi connectivity index (χ1) is 17.5. The number of rotatable bonds is 10. The van der Waals surface area contributed by atoms with Crippen LogP contribution in [0, 0.1) is 4.91 Å². The molecule has 1 aliphatic carbocycles. The van der Waals surface area contributed by atoms with Crippen molar-refractivity contribution in [2.24, 2.45) is 5.18 Å². The lowest BCUT2D eigenvalue weighted by Crippen LogP contribution is -2.39. The number of fused-ring (bicyclic) bond motifs is 1. The van der Waals surface area contributed by atoms with Crippen molar-refractivity contribution in [1.82, 2.24) is 14.7 Å². The summed E-state index contributed by atoms with van der Waals surface area (Å²) in [6.45, 7) is 8.12. The average molecular weight is 488 g/mol. The van der Waals surface area contributed by atoms with Crippen LogP contribution in [-0.4, -0.2) is 53.9 Å². The van der Waals surface area contributed by atoms with Crippen LogP contribution in [0.2, 0.25) is 0 Å². The number of nitrogens with zero attached hydrogens (tertiary/aromatic N) is 5. The molecule has 36 heavy (non-hydrogen) atoms. The summed E-state index contributed by atoms with van der Waals surface area (Å²) >= 11 is 0. The zero-order valence-corrected chi connectivity index (χ0v) is 21.2. The molecule has 0 radical (unpaired) electrons. The summed E-state index contributed by atoms with van der Waals surface area (Å²) in [5.41, 5.74) is 5.08. The Bertz CT molecular complexity index is 1240. The lowest BCUT2D eigenvalue weighted by molar-refractivity contribution is 0.0973. The minimum atomic E-state index is -0.117. The van der Waals surface area contributed by atoms with Crippen molar-refractivity contribution in [3.8, 4) is 11.4 Å². The van der Waals surface area contributed by atoms with Gasteiger partial charge in [-0.3, -0.25) is 4.79 Å². The molecular formula is C28H33N5O3. The molecule has 1 saturated carbocycles. The van der Waals surface area contributed by atoms with Crippen LogP contribution in [-0.2, 0) is 18.4 Å². The van der Waals surface area contributed by atoms with E-state index in [1.54, 1.807) is 11.8 Å². The number of likely N-dealkylation sites (N-methyl/N-ethyl adjacent to an activating group) is 1. The highest BCUT2D eigenvalue weighted by atomic mass is 16.5. The van der Waals surface area contributed by atoms with E-state index in [2.05, 4.69) is 53.3 Å². The molecule has 3 aromatic rings. The van der Waals surface area contributed by atoms with Crippen LogP contribution in [0.5, 0.6) is 5.75 Å². The van der Waals surface area contributed by atoms with Crippen LogP contribution in [0.3, 0.4) is 0 Å². The van der Waals surface area contributed by atoms with Gasteiger partial charge in [-0.25, -0.2) is 4.68 Å². The van der Waals surface area contributed by atoms with Gasteiger partial charge in [-0.05, 0) is 74.3 Å². The van der Waals surface area contributed by atoms with Gasteiger partial charge in [0.25, 0.3) is 5.91 Å². The maximum absolute atomic E-state index is 13.8. The number of aromatic nitrogens is 2. The maximum atomic E-state index is 13.8. The number of amides is 1. The summed E-state index contributed by atoms with van der Waals surface area (Å²) in [5, 5.41) is 7.66. The molecule has 188 valence electrons. The van der Waals surface area contributed by atoms with Crippen molar-refractivity contribution >= 4 is 11.6 Å². The number of carbonyl (C=O) groups is 1. The second-order valence-corrected chi connectivity index (χ2v) is 9.67. The van der Waals surface area contributed by atoms with Gasteiger partial charge in [0, 0.05) is 29.8 Å². The smallest absolute Gasteiger partial charge is 0.277 e. The fourth-order valence-corrected chi connectivity index (χ4v) is 5.33. The van der Waals surface area contributed by atoms with Crippen molar-refractivity contribution < 1.29 is 9.53 Å². The third-order valence-electron chi connectivity index (χ3n) is 7.70. The first-order valence-electron chi connectivity index (χ1n) is 12.7. The van der Waals surface area contributed by atoms with Gasteiger partial charge in [-0.2, -0.15) is 10.0 Å². The monoisotopic (exact) mass is 487 g/mol. The number of ether oxygens (including phenoxy) is 1. The fourth-order valence-electron chi connectivity index (χ4n) is 5.33. The van der Waals surface area contributed by atoms with E-state index < -0.39 is 0 Å². The van der Waals surface area contributed by atoms with Gasteiger partial charge in [0.1, 0.15) is 18.0 Å². The number of methoxy groups -OCH3 is 1. The lowest BCUT2D eigenvalue weighted by atomic mass is 9.94. The van der Waals surface area contributed by atoms with Gasteiger partial charge in [0.05, 0.1) is 18.5 Å². The molecule has 0 atom stereocenters. The average Bonchev–Trinajstić information content (AvgIpc) is 3.61. The molecule has 1 aliphatic heterocycles. The highest BCUT2D eigenvalue weighted by molar-refractivity contribution is 6.07. The third kappa shape index (κ3) is 4.30. The summed E-state index contributed by atoms with van der Waals surface area (Å²) in [6.07, 6.45) is 3.04. The van der Waals surface area contributed by atoms with E-state index in [1.165, 1.54) is 18.4 Å². The first kappa shape index (κ1) is 24.2. The molecule has 1 amide bonds. The quantitative estimate of drug-likeness (QED) is 0.387. The van der Waals surface area contributed by atoms with Crippen molar-refractivity contribution in [2.45, 2.75) is 45.1 Å². The number of hydrogen-bond acceptors (Lipinski definition) is 6. The van der Waals surface area contributed by atoms with Gasteiger partial charge < -0.3 is 14.5 Å². The zero-order valence-electron chi connectivity index (χ0n) is 21.2. The predicted octanol–water partition coefficient (Wildman–Crippen LogP) is 4.72. The molecule has 0 spiro atoms. The van der Waals surface area contributed by atoms with Crippen molar-refractivity contribution in [2.75, 3.05) is 38.2 Å². The summed E-state index contributed by atoms with van der Waals surface area (Å²) in [5.74, 6) is 0.603. The number of hydrogen-bond donors (Lipinski definition) is 0. The van der Waals surface area contributed by atoms with Crippen LogP contribution in [0.4, 0.5) is 5.69 Å². The molecule has 0 bridgehead atoms. The summed E-state index contributed by atoms with van der Waals surface area (Å²) < 4.78 is 6.91. The predicted molar refractivity (Wildman–Crippen MR) is 140 cm³/mol. The molecule has 0 N–H and O–H groups in total. The van der Waals surface area contributed by atoms with E-state index in [0.717, 1.165) is 42.3 Å². The van der Waals surface area contributed by atoms with Gasteiger partial charge >= 0.3 is 0 Å². The molecule has 8 nitrogen and oxygen atoms in total. The summed E-state index contributed by atoms with van der Waals surface area (Å²) in [4.78, 5) is 29.2. The normalized spacial score (nSPS) is 16.2. The SMILES string of the molecule is CCN(CC)CC1(c2ccc(N3CCc4c(CN=O)nn(-c5ccc(OC)cc5)c4C3=O)cc2)CC1. The molecule has 2 aromatic carbocycles. The van der Waals surface area contributed by atoms with E-state index in [9.17, 15) is 9.70 Å². The Kier molecular flexibility index (Phi) is 6.62. The Hall–Kier alpha value is -3.52. The van der Waals surface area contributed by atoms with Gasteiger partial charge in [0.2, 0.25) is 0 Å². The summed E-state index contributed by atoms with van der Waals surface area (Å²) in [7, 11) is 1.61. The lowest BCUT2D eigenvalue weighted by Gasteiger charge is -2.29. The molecule has 1 aromatic heterocycles. The number of carbonyl (C=O) groups excluding carboxylic acids is 1. The number of nitroso groups, excluding NO2 is 1. The third-order valence-corrected chi connectivity index (χ3v) is 7.70. The second-order valence-electron chi connectivity index (χ2n) is 9.67. The minimum Gasteiger partial charge on any atom is -0.497 e. The Labute approximate surface area is 211 Å². The van der Waals surface area contributed by atoms with Gasteiger partial charge in [-0.15, -0.1) is 0 Å². The Morgan fingerprint density at radius 1 is 1.03 bits per heavy atom. The number of benzene rings is 2. The molecule has 8 heteroatoms. The van der Waals surface area contributed by atoms with Gasteiger partial charge in [0.15, 0.2) is 0 Å². The standard InChI is InChI=1S/C28H33N5O3/c1-4-31(5-2)19-28(15-16-28)20-6-8-21(9-7-20)32-17-14-24-25(18-29-35)30-33(26(24)27(32)34)22-10-12-23(36-3)13-11-22/h6-13H,4-5,14-19H2,1-3H3. The van der Waals surface area contributed by atoms with Crippen LogP contribution in [0.25, 0.3) is 5.69 Å². The van der Waals surface area contributed by atoms with Crippen molar-refractivity contribution in [1.29, 1.82) is 0 Å². The van der Waals surface area contributed by atoms with Crippen molar-refractivity contribution in [3.05, 3.63) is 76.0 Å². The summed E-state index contributed by atoms with van der Waals surface area (Å²) in [6, 6.07) is 15.9. The molecule has 5 rings (SSSR count). The molecule has 0 saturated heterocycles. The molecule has 1 fully saturated rings. The Morgan fingerprint density at radius 2 is 1.69 bits per heavy atom. The fraction of sp³-hybridized carbons (Fsp3) is 0.429. The first-order valence-corrected chi connectivity index (χ1v) is 12.7. The number of anilines is 1. The van der Waals surface area contributed by atoms with E-state index >= 15 is 0 Å². The largest absolute Gasteiger partial charge is 0.497 e. The van der Waals surface area contributed by atoms with Crippen molar-refractivity contribution in [3.63, 3.8) is 0 Å². The second kappa shape index (κ2) is 9.85. The Morgan fingerprint density at radius 3 is 2.28 bits per heavy atom. The highest BCUT2D eigenvalue weighted by Gasteiger charge is 2.45. The zero-order chi connectivity index (χ0) is 25.3. The molecule has 2 heterocycles. The van der Waals surface area contributed by atoms with E-state index in [1.807, 2.05) is 29.2 Å². The van der Waals surface area contributed by atoms with Crippen LogP contribution in [0.15, 0.2) is 53.7 Å². The Balaban J connectivity index is 1.44. The van der Waals surface area contributed by atoms with Crippen LogP contribution < -0.4 is 9.64 Å². The van der Waals surface area contributed by atoms with Crippen LogP contribution in [0.1, 0.15) is 54.0 Å². The maximum Gasteiger partial charge on any atom is 0.277 e. The van der Waals surface area contributed by atoms with Gasteiger partial charge in [-0.1, -0.05) is 31.2 Å². The molecular weight excluding hydrogens is 454 g/mol. The van der Waals surface area contributed by atoms with E-state index in [-0.39, 0.29) is 17.9 Å². The topological polar surface area (TPSA) is 80.0 Å². The molecule has 0 unspecified atom stereocenters. The highest BCUT2D eigenvalue weighted by Crippen LogP contribution is 2.49. The molecule has 2 aliphatic rings. The van der Waals surface area contributed by atoms with Crippen LogP contribution >= 0.6 is 0 Å². The van der Waals surface area contributed by atoms with E-state index in [4.69, 9.17) is 4.74 Å². The minimum absolute atomic E-state index is 0.0535. The van der Waals surface area contributed by atoms with E-state index in [0.29, 0.717) is 24.4 Å².